The highest BCUT2D eigenvalue weighted by atomic mass is 16.6. The van der Waals surface area contributed by atoms with E-state index in [2.05, 4.69) is 9.97 Å². The van der Waals surface area contributed by atoms with Gasteiger partial charge < -0.3 is 4.57 Å². The van der Waals surface area contributed by atoms with Crippen molar-refractivity contribution in [3.63, 3.8) is 0 Å². The lowest BCUT2D eigenvalue weighted by Gasteiger charge is -2.00. The Balaban J connectivity index is 2.05. The molecule has 0 aliphatic rings. The van der Waals surface area contributed by atoms with E-state index in [0.29, 0.717) is 11.3 Å². The van der Waals surface area contributed by atoms with Crippen molar-refractivity contribution in [1.29, 1.82) is 0 Å². The molecule has 20 heavy (non-hydrogen) atoms. The fraction of sp³-hybridized carbons (Fsp3) is 0. The standard InChI is InChI=1S/C14H10N4O2/c19-18(20)14-6-2-1-5-12(14)13-9-17(10-16-13)11-4-3-7-15-8-11/h1-10H. The number of imidazole rings is 1. The van der Waals surface area contributed by atoms with Crippen LogP contribution < -0.4 is 0 Å². The minimum atomic E-state index is -0.404. The molecule has 0 N–H and O–H groups in total. The second-order valence-corrected chi connectivity index (χ2v) is 4.15. The summed E-state index contributed by atoms with van der Waals surface area (Å²) in [6, 6.07) is 10.3. The van der Waals surface area contributed by atoms with Gasteiger partial charge in [0.15, 0.2) is 0 Å². The number of hydrogen-bond acceptors (Lipinski definition) is 4. The lowest BCUT2D eigenvalue weighted by atomic mass is 10.1. The Hall–Kier alpha value is -3.02. The van der Waals surface area contributed by atoms with Gasteiger partial charge >= 0.3 is 0 Å². The number of aromatic nitrogens is 3. The average Bonchev–Trinajstić information content (AvgIpc) is 2.98. The molecule has 2 aromatic heterocycles. The number of nitro benzene ring substituents is 1. The summed E-state index contributed by atoms with van der Waals surface area (Å²) >= 11 is 0. The summed E-state index contributed by atoms with van der Waals surface area (Å²) in [6.07, 6.45) is 6.75. The van der Waals surface area contributed by atoms with Gasteiger partial charge in [-0.3, -0.25) is 15.1 Å². The highest BCUT2D eigenvalue weighted by Gasteiger charge is 2.16. The third kappa shape index (κ3) is 2.14. The van der Waals surface area contributed by atoms with Crippen LogP contribution in [0.5, 0.6) is 0 Å². The van der Waals surface area contributed by atoms with Crippen LogP contribution in [0.25, 0.3) is 16.9 Å². The molecule has 0 bridgehead atoms. The van der Waals surface area contributed by atoms with E-state index in [-0.39, 0.29) is 5.69 Å². The lowest BCUT2D eigenvalue weighted by molar-refractivity contribution is -0.384. The Morgan fingerprint density at radius 2 is 2.00 bits per heavy atom. The maximum atomic E-state index is 11.0. The van der Waals surface area contributed by atoms with Crippen molar-refractivity contribution >= 4 is 5.69 Å². The van der Waals surface area contributed by atoms with Crippen LogP contribution in [0.1, 0.15) is 0 Å². The van der Waals surface area contributed by atoms with Gasteiger partial charge in [-0.15, -0.1) is 0 Å². The largest absolute Gasteiger partial charge is 0.304 e. The van der Waals surface area contributed by atoms with E-state index in [0.717, 1.165) is 5.69 Å². The fourth-order valence-corrected chi connectivity index (χ4v) is 1.96. The van der Waals surface area contributed by atoms with Crippen molar-refractivity contribution in [3.8, 4) is 16.9 Å². The lowest BCUT2D eigenvalue weighted by Crippen LogP contribution is -1.92. The van der Waals surface area contributed by atoms with Crippen LogP contribution in [0.15, 0.2) is 61.3 Å². The van der Waals surface area contributed by atoms with Gasteiger partial charge in [-0.1, -0.05) is 12.1 Å². The normalized spacial score (nSPS) is 10.4. The van der Waals surface area contributed by atoms with Crippen LogP contribution in [0, 0.1) is 10.1 Å². The number of hydrogen-bond donors (Lipinski definition) is 0. The van der Waals surface area contributed by atoms with Gasteiger partial charge in [-0.05, 0) is 18.2 Å². The Labute approximate surface area is 114 Å². The summed E-state index contributed by atoms with van der Waals surface area (Å²) in [5.74, 6) is 0. The van der Waals surface area contributed by atoms with Crippen LogP contribution in [0.2, 0.25) is 0 Å². The molecule has 0 atom stereocenters. The van der Waals surface area contributed by atoms with E-state index < -0.39 is 4.92 Å². The van der Waals surface area contributed by atoms with E-state index >= 15 is 0 Å². The summed E-state index contributed by atoms with van der Waals surface area (Å²) in [5.41, 5.74) is 1.95. The van der Waals surface area contributed by atoms with E-state index in [9.17, 15) is 10.1 Å². The molecular formula is C14H10N4O2. The number of nitro groups is 1. The number of benzene rings is 1. The van der Waals surface area contributed by atoms with E-state index in [4.69, 9.17) is 0 Å². The highest BCUT2D eigenvalue weighted by molar-refractivity contribution is 5.70. The number of para-hydroxylation sites is 1. The van der Waals surface area contributed by atoms with E-state index in [1.807, 2.05) is 12.1 Å². The van der Waals surface area contributed by atoms with Crippen molar-refractivity contribution in [3.05, 3.63) is 71.4 Å². The first-order chi connectivity index (χ1) is 9.75. The summed E-state index contributed by atoms with van der Waals surface area (Å²) < 4.78 is 1.78. The Kier molecular flexibility index (Phi) is 2.96. The van der Waals surface area contributed by atoms with Gasteiger partial charge in [0, 0.05) is 18.5 Å². The van der Waals surface area contributed by atoms with Gasteiger partial charge in [0.25, 0.3) is 5.69 Å². The quantitative estimate of drug-likeness (QED) is 0.539. The molecule has 1 aromatic carbocycles. The second-order valence-electron chi connectivity index (χ2n) is 4.15. The molecular weight excluding hydrogens is 256 g/mol. The van der Waals surface area contributed by atoms with Crippen molar-refractivity contribution in [2.75, 3.05) is 0 Å². The van der Waals surface area contributed by atoms with Crippen LogP contribution in [0.4, 0.5) is 5.69 Å². The molecule has 0 saturated heterocycles. The minimum Gasteiger partial charge on any atom is -0.304 e. The van der Waals surface area contributed by atoms with E-state index in [1.165, 1.54) is 6.07 Å². The van der Waals surface area contributed by atoms with Crippen molar-refractivity contribution in [2.45, 2.75) is 0 Å². The first kappa shape index (κ1) is 12.0. The Bertz CT molecular complexity index is 753. The zero-order valence-corrected chi connectivity index (χ0v) is 10.4. The molecule has 0 spiro atoms. The predicted octanol–water partition coefficient (Wildman–Crippen LogP) is 2.84. The highest BCUT2D eigenvalue weighted by Crippen LogP contribution is 2.28. The minimum absolute atomic E-state index is 0.0453. The smallest absolute Gasteiger partial charge is 0.278 e. The second kappa shape index (κ2) is 4.93. The first-order valence-corrected chi connectivity index (χ1v) is 5.94. The molecule has 0 unspecified atom stereocenters. The molecule has 0 amide bonds. The summed E-state index contributed by atoms with van der Waals surface area (Å²) in [7, 11) is 0. The third-order valence-corrected chi connectivity index (χ3v) is 2.90. The Morgan fingerprint density at radius 1 is 1.15 bits per heavy atom. The molecule has 2 heterocycles. The molecule has 0 aliphatic carbocycles. The summed E-state index contributed by atoms with van der Waals surface area (Å²) in [5, 5.41) is 11.0. The van der Waals surface area contributed by atoms with Crippen molar-refractivity contribution in [2.24, 2.45) is 0 Å². The van der Waals surface area contributed by atoms with Crippen LogP contribution in [-0.4, -0.2) is 19.5 Å². The zero-order valence-electron chi connectivity index (χ0n) is 10.4. The number of rotatable bonds is 3. The summed E-state index contributed by atoms with van der Waals surface area (Å²) in [6.45, 7) is 0. The van der Waals surface area contributed by atoms with Gasteiger partial charge in [-0.2, -0.15) is 0 Å². The average molecular weight is 266 g/mol. The number of nitrogens with zero attached hydrogens (tertiary/aromatic N) is 4. The molecule has 0 radical (unpaired) electrons. The SMILES string of the molecule is O=[N+]([O-])c1ccccc1-c1cn(-c2cccnc2)cn1. The maximum Gasteiger partial charge on any atom is 0.278 e. The topological polar surface area (TPSA) is 73.8 Å². The van der Waals surface area contributed by atoms with Crippen molar-refractivity contribution in [1.82, 2.24) is 14.5 Å². The molecule has 0 aliphatic heterocycles. The summed E-state index contributed by atoms with van der Waals surface area (Å²) in [4.78, 5) is 18.9. The Morgan fingerprint density at radius 3 is 2.75 bits per heavy atom. The van der Waals surface area contributed by atoms with E-state index in [1.54, 1.807) is 47.7 Å². The first-order valence-electron chi connectivity index (χ1n) is 5.94. The van der Waals surface area contributed by atoms with Gasteiger partial charge in [0.1, 0.15) is 0 Å². The van der Waals surface area contributed by atoms with Gasteiger partial charge in [0.05, 0.1) is 34.4 Å². The van der Waals surface area contributed by atoms with Gasteiger partial charge in [-0.25, -0.2) is 4.98 Å². The molecule has 3 rings (SSSR count). The molecule has 98 valence electrons. The molecule has 6 heteroatoms. The van der Waals surface area contributed by atoms with Crippen LogP contribution >= 0.6 is 0 Å². The zero-order chi connectivity index (χ0) is 13.9. The maximum absolute atomic E-state index is 11.0. The monoisotopic (exact) mass is 266 g/mol. The van der Waals surface area contributed by atoms with Crippen LogP contribution in [0.3, 0.4) is 0 Å². The number of pyridine rings is 1. The molecule has 0 fully saturated rings. The molecule has 3 aromatic rings. The molecule has 6 nitrogen and oxygen atoms in total. The predicted molar refractivity (Wildman–Crippen MR) is 73.4 cm³/mol. The van der Waals surface area contributed by atoms with Crippen molar-refractivity contribution < 1.29 is 4.92 Å². The third-order valence-electron chi connectivity index (χ3n) is 2.90. The van der Waals surface area contributed by atoms with Crippen LogP contribution in [-0.2, 0) is 0 Å². The fourth-order valence-electron chi connectivity index (χ4n) is 1.96. The van der Waals surface area contributed by atoms with Gasteiger partial charge in [0.2, 0.25) is 0 Å². The molecule has 0 saturated carbocycles.